The van der Waals surface area contributed by atoms with E-state index in [1.54, 1.807) is 0 Å². The summed E-state index contributed by atoms with van der Waals surface area (Å²) < 4.78 is 0. The number of carbonyl (C=O) groups is 1. The van der Waals surface area contributed by atoms with Crippen LogP contribution in [-0.4, -0.2) is 5.91 Å². The molecule has 1 aliphatic heterocycles. The Morgan fingerprint density at radius 1 is 1.20 bits per heavy atom. The molecule has 0 bridgehead atoms. The van der Waals surface area contributed by atoms with Crippen LogP contribution in [0, 0.1) is 13.8 Å². The highest BCUT2D eigenvalue weighted by molar-refractivity contribution is 6.31. The third-order valence-corrected chi connectivity index (χ3v) is 4.02. The first-order valence-corrected chi connectivity index (χ1v) is 6.87. The number of benzene rings is 2. The van der Waals surface area contributed by atoms with E-state index in [4.69, 9.17) is 11.6 Å². The van der Waals surface area contributed by atoms with Gasteiger partial charge in [0, 0.05) is 22.0 Å². The maximum absolute atomic E-state index is 12.1. The van der Waals surface area contributed by atoms with Crippen molar-refractivity contribution in [1.82, 2.24) is 0 Å². The van der Waals surface area contributed by atoms with Crippen LogP contribution < -0.4 is 10.6 Å². The van der Waals surface area contributed by atoms with Crippen LogP contribution >= 0.6 is 11.6 Å². The van der Waals surface area contributed by atoms with Crippen LogP contribution in [0.25, 0.3) is 0 Å². The number of aryl methyl sites for hydroxylation is 1. The number of anilines is 2. The Morgan fingerprint density at radius 2 is 2.00 bits per heavy atom. The predicted octanol–water partition coefficient (Wildman–Crippen LogP) is 4.06. The highest BCUT2D eigenvalue weighted by atomic mass is 35.5. The van der Waals surface area contributed by atoms with Gasteiger partial charge in [0.25, 0.3) is 5.91 Å². The molecule has 0 saturated heterocycles. The Hall–Kier alpha value is -2.00. The maximum Gasteiger partial charge on any atom is 0.251 e. The van der Waals surface area contributed by atoms with E-state index in [1.807, 2.05) is 50.2 Å². The minimum atomic E-state index is -0.373. The van der Waals surface area contributed by atoms with E-state index in [9.17, 15) is 4.79 Å². The molecule has 102 valence electrons. The second kappa shape index (κ2) is 4.84. The van der Waals surface area contributed by atoms with E-state index in [0.29, 0.717) is 5.02 Å². The molecule has 2 N–H and O–H groups in total. The van der Waals surface area contributed by atoms with E-state index in [2.05, 4.69) is 10.6 Å². The van der Waals surface area contributed by atoms with Gasteiger partial charge in [-0.2, -0.15) is 0 Å². The maximum atomic E-state index is 12.1. The van der Waals surface area contributed by atoms with Gasteiger partial charge in [-0.05, 0) is 37.6 Å². The molecule has 0 aliphatic carbocycles. The Kier molecular flexibility index (Phi) is 3.14. The Bertz CT molecular complexity index is 697. The average Bonchev–Trinajstić information content (AvgIpc) is 2.71. The molecule has 0 fully saturated rings. The summed E-state index contributed by atoms with van der Waals surface area (Å²) in [6.07, 6.45) is 0. The lowest BCUT2D eigenvalue weighted by Gasteiger charge is -2.16. The molecule has 0 spiro atoms. The zero-order chi connectivity index (χ0) is 14.3. The Morgan fingerprint density at radius 3 is 2.80 bits per heavy atom. The van der Waals surface area contributed by atoms with Gasteiger partial charge < -0.3 is 10.6 Å². The van der Waals surface area contributed by atoms with E-state index in [-0.39, 0.29) is 11.9 Å². The number of fused-ring (bicyclic) bond motifs is 1. The van der Waals surface area contributed by atoms with Crippen molar-refractivity contribution in [2.75, 3.05) is 10.6 Å². The van der Waals surface area contributed by atoms with Crippen molar-refractivity contribution in [2.45, 2.75) is 19.9 Å². The lowest BCUT2D eigenvalue weighted by atomic mass is 10.0. The van der Waals surface area contributed by atoms with Gasteiger partial charge >= 0.3 is 0 Å². The highest BCUT2D eigenvalue weighted by Gasteiger charge is 2.30. The summed E-state index contributed by atoms with van der Waals surface area (Å²) in [4.78, 5) is 12.1. The van der Waals surface area contributed by atoms with Gasteiger partial charge in [0.2, 0.25) is 0 Å². The van der Waals surface area contributed by atoms with Crippen molar-refractivity contribution in [3.05, 3.63) is 58.1 Å². The topological polar surface area (TPSA) is 41.1 Å². The first-order chi connectivity index (χ1) is 9.56. The van der Waals surface area contributed by atoms with Crippen LogP contribution in [-0.2, 0) is 4.79 Å². The van der Waals surface area contributed by atoms with Crippen LogP contribution in [0.5, 0.6) is 0 Å². The van der Waals surface area contributed by atoms with Gasteiger partial charge in [0.1, 0.15) is 6.04 Å². The molecule has 2 aromatic carbocycles. The number of hydrogen-bond acceptors (Lipinski definition) is 2. The molecule has 1 aliphatic rings. The summed E-state index contributed by atoms with van der Waals surface area (Å²) in [5.41, 5.74) is 4.82. The minimum Gasteiger partial charge on any atom is -0.370 e. The quantitative estimate of drug-likeness (QED) is 0.874. The first-order valence-electron chi connectivity index (χ1n) is 6.49. The number of halogens is 1. The number of rotatable bonds is 2. The third kappa shape index (κ3) is 2.14. The zero-order valence-electron chi connectivity index (χ0n) is 11.3. The van der Waals surface area contributed by atoms with Crippen molar-refractivity contribution in [2.24, 2.45) is 0 Å². The second-order valence-electron chi connectivity index (χ2n) is 5.07. The van der Waals surface area contributed by atoms with Crippen molar-refractivity contribution in [3.8, 4) is 0 Å². The van der Waals surface area contributed by atoms with Crippen LogP contribution in [0.2, 0.25) is 5.02 Å². The van der Waals surface area contributed by atoms with Crippen LogP contribution in [0.1, 0.15) is 22.7 Å². The normalized spacial score (nSPS) is 16.8. The van der Waals surface area contributed by atoms with Crippen molar-refractivity contribution in [1.29, 1.82) is 0 Å². The molecular weight excluding hydrogens is 272 g/mol. The zero-order valence-corrected chi connectivity index (χ0v) is 12.1. The molecule has 3 nitrogen and oxygen atoms in total. The smallest absolute Gasteiger partial charge is 0.251 e. The molecule has 1 unspecified atom stereocenters. The van der Waals surface area contributed by atoms with E-state index >= 15 is 0 Å². The molecule has 0 radical (unpaired) electrons. The molecule has 1 atom stereocenters. The molecule has 1 amide bonds. The van der Waals surface area contributed by atoms with Gasteiger partial charge in [-0.1, -0.05) is 35.4 Å². The third-order valence-electron chi connectivity index (χ3n) is 3.61. The van der Waals surface area contributed by atoms with Gasteiger partial charge in [-0.25, -0.2) is 0 Å². The van der Waals surface area contributed by atoms with Gasteiger partial charge in [-0.3, -0.25) is 4.79 Å². The van der Waals surface area contributed by atoms with Crippen LogP contribution in [0.4, 0.5) is 11.4 Å². The van der Waals surface area contributed by atoms with Crippen molar-refractivity contribution >= 4 is 28.9 Å². The lowest BCUT2D eigenvalue weighted by molar-refractivity contribution is -0.116. The fourth-order valence-electron chi connectivity index (χ4n) is 2.44. The summed E-state index contributed by atoms with van der Waals surface area (Å²) in [5.74, 6) is -0.0371. The summed E-state index contributed by atoms with van der Waals surface area (Å²) in [7, 11) is 0. The standard InChI is InChI=1S/C16H15ClN2O/c1-9-6-7-14-11(8-9)15(16(20)19-14)18-13-5-3-4-12(17)10(13)2/h3-8,15,18H,1-2H3,(H,19,20). The molecule has 4 heteroatoms. The van der Waals surface area contributed by atoms with Crippen LogP contribution in [0.3, 0.4) is 0 Å². The number of carbonyl (C=O) groups excluding carboxylic acids is 1. The molecule has 1 heterocycles. The Labute approximate surface area is 123 Å². The molecule has 0 aromatic heterocycles. The lowest BCUT2D eigenvalue weighted by Crippen LogP contribution is -2.20. The molecular formula is C16H15ClN2O. The van der Waals surface area contributed by atoms with E-state index in [0.717, 1.165) is 28.1 Å². The first kappa shape index (κ1) is 13.0. The molecule has 2 aromatic rings. The van der Waals surface area contributed by atoms with Gasteiger partial charge in [0.05, 0.1) is 0 Å². The number of amides is 1. The van der Waals surface area contributed by atoms with Gasteiger partial charge in [0.15, 0.2) is 0 Å². The fraction of sp³-hybridized carbons (Fsp3) is 0.188. The van der Waals surface area contributed by atoms with Crippen molar-refractivity contribution in [3.63, 3.8) is 0 Å². The average molecular weight is 287 g/mol. The van der Waals surface area contributed by atoms with E-state index in [1.165, 1.54) is 0 Å². The second-order valence-corrected chi connectivity index (χ2v) is 5.48. The molecule has 20 heavy (non-hydrogen) atoms. The van der Waals surface area contributed by atoms with Crippen LogP contribution in [0.15, 0.2) is 36.4 Å². The van der Waals surface area contributed by atoms with E-state index < -0.39 is 0 Å². The number of hydrogen-bond donors (Lipinski definition) is 2. The number of nitrogens with one attached hydrogen (secondary N) is 2. The predicted molar refractivity (Wildman–Crippen MR) is 82.4 cm³/mol. The largest absolute Gasteiger partial charge is 0.370 e. The SMILES string of the molecule is Cc1ccc2c(c1)C(Nc1cccc(Cl)c1C)C(=O)N2. The Balaban J connectivity index is 1.98. The fourth-order valence-corrected chi connectivity index (χ4v) is 2.62. The van der Waals surface area contributed by atoms with Gasteiger partial charge in [-0.15, -0.1) is 0 Å². The molecule has 3 rings (SSSR count). The summed E-state index contributed by atoms with van der Waals surface area (Å²) in [6, 6.07) is 11.2. The summed E-state index contributed by atoms with van der Waals surface area (Å²) in [6.45, 7) is 3.96. The minimum absolute atomic E-state index is 0.0371. The monoisotopic (exact) mass is 286 g/mol. The molecule has 0 saturated carbocycles. The summed E-state index contributed by atoms with van der Waals surface area (Å²) in [5, 5.41) is 6.87. The summed E-state index contributed by atoms with van der Waals surface area (Å²) >= 11 is 6.12. The highest BCUT2D eigenvalue weighted by Crippen LogP contribution is 2.35. The van der Waals surface area contributed by atoms with Crippen molar-refractivity contribution < 1.29 is 4.79 Å².